The molecule has 0 heterocycles. The van der Waals surface area contributed by atoms with E-state index < -0.39 is 18.1 Å². The van der Waals surface area contributed by atoms with Crippen LogP contribution >= 0.6 is 11.8 Å². The molecule has 1 aromatic rings. The monoisotopic (exact) mass is 364 g/mol. The zero-order valence-corrected chi connectivity index (χ0v) is 15.3. The van der Waals surface area contributed by atoms with Crippen LogP contribution in [0.4, 0.5) is 0 Å². The number of benzene rings is 1. The molecule has 0 bridgehead atoms. The Morgan fingerprint density at radius 3 is 2.52 bits per heavy atom. The van der Waals surface area contributed by atoms with E-state index in [1.165, 1.54) is 0 Å². The maximum absolute atomic E-state index is 12.4. The highest BCUT2D eigenvalue weighted by atomic mass is 32.2. The predicted molar refractivity (Wildman–Crippen MR) is 97.4 cm³/mol. The lowest BCUT2D eigenvalue weighted by atomic mass is 10.1. The Morgan fingerprint density at radius 1 is 1.24 bits per heavy atom. The summed E-state index contributed by atoms with van der Waals surface area (Å²) in [5.41, 5.74) is 0.476. The fourth-order valence-electron chi connectivity index (χ4n) is 2.17. The van der Waals surface area contributed by atoms with E-state index in [0.717, 1.165) is 12.8 Å². The molecule has 1 aliphatic rings. The van der Waals surface area contributed by atoms with Crippen molar-refractivity contribution in [1.82, 2.24) is 10.6 Å². The maximum atomic E-state index is 12.4. The van der Waals surface area contributed by atoms with Crippen molar-refractivity contribution in [2.75, 3.05) is 12.0 Å². The van der Waals surface area contributed by atoms with Gasteiger partial charge in [-0.3, -0.25) is 9.59 Å². The van der Waals surface area contributed by atoms with Crippen molar-refractivity contribution in [3.8, 4) is 0 Å². The molecule has 1 fully saturated rings. The Labute approximate surface area is 152 Å². The molecule has 2 atom stereocenters. The Kier molecular flexibility index (Phi) is 7.31. The SMILES string of the molecule is CSCC[C@H](NC(=O)c1ccccc1)C(=O)O[C@H](C)C(=O)NC1CC1. The summed E-state index contributed by atoms with van der Waals surface area (Å²) >= 11 is 1.57. The van der Waals surface area contributed by atoms with Gasteiger partial charge in [0.2, 0.25) is 0 Å². The standard InChI is InChI=1S/C18H24N2O4S/c1-12(16(21)19-14-8-9-14)24-18(23)15(10-11-25-2)20-17(22)13-6-4-3-5-7-13/h3-7,12,14-15H,8-11H2,1-2H3,(H,19,21)(H,20,22)/t12-,15+/m1/s1. The van der Waals surface area contributed by atoms with Gasteiger partial charge in [0.1, 0.15) is 6.04 Å². The molecule has 2 rings (SSSR count). The minimum atomic E-state index is -0.876. The van der Waals surface area contributed by atoms with Crippen LogP contribution in [0.2, 0.25) is 0 Å². The Morgan fingerprint density at radius 2 is 1.92 bits per heavy atom. The van der Waals surface area contributed by atoms with Crippen molar-refractivity contribution >= 4 is 29.5 Å². The van der Waals surface area contributed by atoms with Gasteiger partial charge in [-0.15, -0.1) is 0 Å². The smallest absolute Gasteiger partial charge is 0.329 e. The van der Waals surface area contributed by atoms with E-state index in [9.17, 15) is 14.4 Å². The summed E-state index contributed by atoms with van der Waals surface area (Å²) in [6, 6.07) is 8.12. The number of amides is 2. The fraction of sp³-hybridized carbons (Fsp3) is 0.500. The van der Waals surface area contributed by atoms with Crippen molar-refractivity contribution in [3.05, 3.63) is 35.9 Å². The molecule has 25 heavy (non-hydrogen) atoms. The molecular formula is C18H24N2O4S. The van der Waals surface area contributed by atoms with Gasteiger partial charge in [0, 0.05) is 11.6 Å². The van der Waals surface area contributed by atoms with Gasteiger partial charge in [0.25, 0.3) is 11.8 Å². The number of thioether (sulfide) groups is 1. The molecule has 2 amide bonds. The van der Waals surface area contributed by atoms with Crippen molar-refractivity contribution in [1.29, 1.82) is 0 Å². The Hall–Kier alpha value is -2.02. The molecule has 0 saturated heterocycles. The minimum absolute atomic E-state index is 0.207. The number of esters is 1. The third-order valence-corrected chi connectivity index (χ3v) is 4.47. The van der Waals surface area contributed by atoms with Crippen molar-refractivity contribution in [2.45, 2.75) is 44.4 Å². The van der Waals surface area contributed by atoms with Crippen LogP contribution in [0, 0.1) is 0 Å². The van der Waals surface area contributed by atoms with Gasteiger partial charge in [0.15, 0.2) is 6.10 Å². The first kappa shape index (κ1) is 19.3. The first-order valence-corrected chi connectivity index (χ1v) is 9.76. The summed E-state index contributed by atoms with van der Waals surface area (Å²) in [4.78, 5) is 36.6. The van der Waals surface area contributed by atoms with Crippen LogP contribution in [0.3, 0.4) is 0 Å². The fourth-order valence-corrected chi connectivity index (χ4v) is 2.64. The number of nitrogens with one attached hydrogen (secondary N) is 2. The van der Waals surface area contributed by atoms with Crippen LogP contribution in [0.1, 0.15) is 36.5 Å². The molecule has 1 saturated carbocycles. The van der Waals surface area contributed by atoms with E-state index in [2.05, 4.69) is 10.6 Å². The highest BCUT2D eigenvalue weighted by Crippen LogP contribution is 2.19. The van der Waals surface area contributed by atoms with E-state index in [1.807, 2.05) is 12.3 Å². The van der Waals surface area contributed by atoms with Crippen LogP contribution in [-0.4, -0.2) is 48.0 Å². The van der Waals surface area contributed by atoms with Crippen LogP contribution in [0.5, 0.6) is 0 Å². The van der Waals surface area contributed by atoms with Crippen LogP contribution in [-0.2, 0) is 14.3 Å². The quantitative estimate of drug-likeness (QED) is 0.652. The molecule has 7 heteroatoms. The molecular weight excluding hydrogens is 340 g/mol. The lowest BCUT2D eigenvalue weighted by Crippen LogP contribution is -2.45. The Balaban J connectivity index is 1.93. The third-order valence-electron chi connectivity index (χ3n) is 3.82. The largest absolute Gasteiger partial charge is 0.451 e. The van der Waals surface area contributed by atoms with Gasteiger partial charge in [-0.1, -0.05) is 18.2 Å². The minimum Gasteiger partial charge on any atom is -0.451 e. The zero-order valence-electron chi connectivity index (χ0n) is 14.5. The highest BCUT2D eigenvalue weighted by molar-refractivity contribution is 7.98. The molecule has 0 aromatic heterocycles. The van der Waals surface area contributed by atoms with Crippen LogP contribution in [0.25, 0.3) is 0 Å². The third kappa shape index (κ3) is 6.42. The first-order chi connectivity index (χ1) is 12.0. The van der Waals surface area contributed by atoms with E-state index in [-0.39, 0.29) is 17.9 Å². The van der Waals surface area contributed by atoms with Gasteiger partial charge >= 0.3 is 5.97 Å². The molecule has 6 nitrogen and oxygen atoms in total. The van der Waals surface area contributed by atoms with Gasteiger partial charge in [-0.25, -0.2) is 4.79 Å². The molecule has 0 radical (unpaired) electrons. The van der Waals surface area contributed by atoms with Crippen LogP contribution in [0.15, 0.2) is 30.3 Å². The van der Waals surface area contributed by atoms with E-state index in [4.69, 9.17) is 4.74 Å². The molecule has 1 aliphatic carbocycles. The summed E-state index contributed by atoms with van der Waals surface area (Å²) in [7, 11) is 0. The maximum Gasteiger partial charge on any atom is 0.329 e. The molecule has 0 aliphatic heterocycles. The van der Waals surface area contributed by atoms with Crippen molar-refractivity contribution < 1.29 is 19.1 Å². The molecule has 2 N–H and O–H groups in total. The number of hydrogen-bond acceptors (Lipinski definition) is 5. The number of ether oxygens (including phenoxy) is 1. The second-order valence-electron chi connectivity index (χ2n) is 6.04. The Bertz CT molecular complexity index is 604. The topological polar surface area (TPSA) is 84.5 Å². The van der Waals surface area contributed by atoms with Gasteiger partial charge in [-0.2, -0.15) is 11.8 Å². The average Bonchev–Trinajstić information content (AvgIpc) is 3.42. The summed E-state index contributed by atoms with van der Waals surface area (Å²) < 4.78 is 5.26. The predicted octanol–water partition coefficient (Wildman–Crippen LogP) is 1.75. The number of rotatable bonds is 9. The molecule has 0 spiro atoms. The van der Waals surface area contributed by atoms with E-state index in [1.54, 1.807) is 43.0 Å². The molecule has 136 valence electrons. The van der Waals surface area contributed by atoms with E-state index >= 15 is 0 Å². The number of hydrogen-bond donors (Lipinski definition) is 2. The second-order valence-corrected chi connectivity index (χ2v) is 7.02. The summed E-state index contributed by atoms with van der Waals surface area (Å²) in [5.74, 6) is -0.526. The molecule has 1 aromatic carbocycles. The normalized spacial score (nSPS) is 15.8. The highest BCUT2D eigenvalue weighted by Gasteiger charge is 2.29. The summed E-state index contributed by atoms with van der Waals surface area (Å²) in [5, 5.41) is 5.51. The lowest BCUT2D eigenvalue weighted by Gasteiger charge is -2.20. The van der Waals surface area contributed by atoms with Gasteiger partial charge in [-0.05, 0) is 50.3 Å². The average molecular weight is 364 g/mol. The molecule has 0 unspecified atom stereocenters. The summed E-state index contributed by atoms with van der Waals surface area (Å²) in [6.45, 7) is 1.54. The zero-order chi connectivity index (χ0) is 18.2. The second kappa shape index (κ2) is 9.46. The lowest BCUT2D eigenvalue weighted by molar-refractivity contribution is -0.156. The number of carbonyl (C=O) groups is 3. The van der Waals surface area contributed by atoms with Crippen LogP contribution < -0.4 is 10.6 Å². The first-order valence-electron chi connectivity index (χ1n) is 8.37. The van der Waals surface area contributed by atoms with E-state index in [0.29, 0.717) is 17.7 Å². The van der Waals surface area contributed by atoms with Crippen molar-refractivity contribution in [3.63, 3.8) is 0 Å². The van der Waals surface area contributed by atoms with Gasteiger partial charge in [0.05, 0.1) is 0 Å². The summed E-state index contributed by atoms with van der Waals surface area (Å²) in [6.07, 6.45) is 3.42. The van der Waals surface area contributed by atoms with Gasteiger partial charge < -0.3 is 15.4 Å². The number of carbonyl (C=O) groups excluding carboxylic acids is 3. The van der Waals surface area contributed by atoms with Crippen molar-refractivity contribution in [2.24, 2.45) is 0 Å².